The largest absolute Gasteiger partial charge is 0.469 e. The molecule has 0 spiro atoms. The summed E-state index contributed by atoms with van der Waals surface area (Å²) in [6.45, 7) is 0. The Bertz CT molecular complexity index is 824. The third-order valence-electron chi connectivity index (χ3n) is 3.29. The summed E-state index contributed by atoms with van der Waals surface area (Å²) in [5, 5.41) is 0.109. The van der Waals surface area contributed by atoms with Crippen LogP contribution in [0.25, 0.3) is 0 Å². The second-order valence-electron chi connectivity index (χ2n) is 4.94. The molecule has 1 unspecified atom stereocenters. The highest BCUT2D eigenvalue weighted by atomic mass is 79.9. The highest BCUT2D eigenvalue weighted by molar-refractivity contribution is 9.10. The number of sulfonamides is 1. The number of hydrogen-bond acceptors (Lipinski definition) is 4. The number of halogens is 2. The van der Waals surface area contributed by atoms with Gasteiger partial charge in [0.15, 0.2) is 0 Å². The highest BCUT2D eigenvalue weighted by Crippen LogP contribution is 2.25. The normalized spacial score (nSPS) is 12.6. The van der Waals surface area contributed by atoms with E-state index in [9.17, 15) is 13.2 Å². The molecule has 0 bridgehead atoms. The van der Waals surface area contributed by atoms with Crippen molar-refractivity contribution in [1.29, 1.82) is 0 Å². The van der Waals surface area contributed by atoms with Gasteiger partial charge in [-0.1, -0.05) is 51.8 Å². The first-order chi connectivity index (χ1) is 11.3. The Morgan fingerprint density at radius 1 is 1.21 bits per heavy atom. The molecule has 2 rings (SSSR count). The average Bonchev–Trinajstić information content (AvgIpc) is 2.54. The van der Waals surface area contributed by atoms with Crippen LogP contribution in [0.3, 0.4) is 0 Å². The van der Waals surface area contributed by atoms with Gasteiger partial charge in [-0.15, -0.1) is 0 Å². The summed E-state index contributed by atoms with van der Waals surface area (Å²) in [7, 11) is -2.65. The maximum absolute atomic E-state index is 12.6. The van der Waals surface area contributed by atoms with E-state index in [-0.39, 0.29) is 16.3 Å². The molecule has 24 heavy (non-hydrogen) atoms. The van der Waals surface area contributed by atoms with Gasteiger partial charge in [0, 0.05) is 4.47 Å². The predicted molar refractivity (Wildman–Crippen MR) is 95.3 cm³/mol. The number of carbonyl (C=O) groups excluding carboxylic acids is 1. The minimum atomic E-state index is -3.90. The lowest BCUT2D eigenvalue weighted by Gasteiger charge is -2.19. The number of hydrogen-bond donors (Lipinski definition) is 1. The Morgan fingerprint density at radius 3 is 2.42 bits per heavy atom. The van der Waals surface area contributed by atoms with E-state index in [1.54, 1.807) is 36.4 Å². The first-order valence-electron chi connectivity index (χ1n) is 6.92. The SMILES string of the molecule is COC(=O)CC(NS(=O)(=O)c1ccccc1Cl)c1ccc(Br)cc1. The zero-order chi connectivity index (χ0) is 17.7. The first-order valence-corrected chi connectivity index (χ1v) is 9.58. The molecular weight excluding hydrogens is 418 g/mol. The van der Waals surface area contributed by atoms with Gasteiger partial charge in [0.05, 0.1) is 24.6 Å². The fraction of sp³-hybridized carbons (Fsp3) is 0.188. The molecule has 0 aromatic heterocycles. The van der Waals surface area contributed by atoms with Crippen molar-refractivity contribution < 1.29 is 17.9 Å². The molecule has 0 aliphatic rings. The summed E-state index contributed by atoms with van der Waals surface area (Å²) < 4.78 is 33.3. The summed E-state index contributed by atoms with van der Waals surface area (Å²) in [5.41, 5.74) is 0.638. The van der Waals surface area contributed by atoms with Crippen LogP contribution in [0.1, 0.15) is 18.0 Å². The lowest BCUT2D eigenvalue weighted by molar-refractivity contribution is -0.141. The van der Waals surface area contributed by atoms with E-state index < -0.39 is 22.0 Å². The van der Waals surface area contributed by atoms with Gasteiger partial charge in [0.1, 0.15) is 4.90 Å². The number of esters is 1. The number of ether oxygens (including phenoxy) is 1. The van der Waals surface area contributed by atoms with Crippen molar-refractivity contribution in [2.24, 2.45) is 0 Å². The van der Waals surface area contributed by atoms with Crippen molar-refractivity contribution in [2.75, 3.05) is 7.11 Å². The molecule has 8 heteroatoms. The van der Waals surface area contributed by atoms with Gasteiger partial charge in [0.2, 0.25) is 10.0 Å². The van der Waals surface area contributed by atoms with Crippen LogP contribution in [0, 0.1) is 0 Å². The Kier molecular flexibility index (Phi) is 6.40. The van der Waals surface area contributed by atoms with Crippen molar-refractivity contribution in [3.63, 3.8) is 0 Å². The molecule has 1 atom stereocenters. The predicted octanol–water partition coefficient (Wildman–Crippen LogP) is 3.69. The first kappa shape index (κ1) is 18.9. The van der Waals surface area contributed by atoms with Gasteiger partial charge in [-0.05, 0) is 29.8 Å². The summed E-state index contributed by atoms with van der Waals surface area (Å²) in [6, 6.07) is 12.3. The molecule has 0 saturated carbocycles. The van der Waals surface area contributed by atoms with E-state index in [1.807, 2.05) is 0 Å². The van der Waals surface area contributed by atoms with Crippen molar-refractivity contribution in [1.82, 2.24) is 4.72 Å². The van der Waals surface area contributed by atoms with Gasteiger partial charge >= 0.3 is 5.97 Å². The molecule has 2 aromatic rings. The lowest BCUT2D eigenvalue weighted by Crippen LogP contribution is -2.30. The molecule has 0 fully saturated rings. The Morgan fingerprint density at radius 2 is 1.83 bits per heavy atom. The Hall–Kier alpha value is -1.41. The van der Waals surface area contributed by atoms with Crippen LogP contribution in [0.2, 0.25) is 5.02 Å². The molecule has 0 saturated heterocycles. The summed E-state index contributed by atoms with van der Waals surface area (Å²) in [5.74, 6) is -0.523. The van der Waals surface area contributed by atoms with E-state index in [0.717, 1.165) is 4.47 Å². The zero-order valence-corrected chi connectivity index (χ0v) is 15.9. The molecule has 0 radical (unpaired) electrons. The number of carbonyl (C=O) groups is 1. The van der Waals surface area contributed by atoms with Gasteiger partial charge in [-0.25, -0.2) is 13.1 Å². The van der Waals surface area contributed by atoms with E-state index in [4.69, 9.17) is 11.6 Å². The Labute approximate surface area is 154 Å². The van der Waals surface area contributed by atoms with Crippen LogP contribution < -0.4 is 4.72 Å². The molecule has 2 aromatic carbocycles. The lowest BCUT2D eigenvalue weighted by atomic mass is 10.1. The summed E-state index contributed by atoms with van der Waals surface area (Å²) in [6.07, 6.45) is -0.137. The number of benzene rings is 2. The monoisotopic (exact) mass is 431 g/mol. The molecule has 5 nitrogen and oxygen atoms in total. The van der Waals surface area contributed by atoms with Gasteiger partial charge in [0.25, 0.3) is 0 Å². The van der Waals surface area contributed by atoms with Crippen molar-refractivity contribution in [2.45, 2.75) is 17.4 Å². The van der Waals surface area contributed by atoms with Crippen LogP contribution in [-0.4, -0.2) is 21.5 Å². The fourth-order valence-electron chi connectivity index (χ4n) is 2.09. The minimum absolute atomic E-state index is 0.0429. The molecule has 0 aliphatic carbocycles. The van der Waals surface area contributed by atoms with Crippen LogP contribution in [0.4, 0.5) is 0 Å². The third kappa shape index (κ3) is 4.80. The molecular formula is C16H15BrClNO4S. The smallest absolute Gasteiger partial charge is 0.307 e. The van der Waals surface area contributed by atoms with Crippen molar-refractivity contribution in [3.8, 4) is 0 Å². The fourth-order valence-corrected chi connectivity index (χ4v) is 4.09. The average molecular weight is 433 g/mol. The standard InChI is InChI=1S/C16H15BrClNO4S/c1-23-16(20)10-14(11-6-8-12(17)9-7-11)19-24(21,22)15-5-3-2-4-13(15)18/h2-9,14,19H,10H2,1H3. The molecule has 1 N–H and O–H groups in total. The van der Waals surface area contributed by atoms with E-state index in [0.29, 0.717) is 5.56 Å². The molecule has 0 heterocycles. The number of nitrogens with one attached hydrogen (secondary N) is 1. The van der Waals surface area contributed by atoms with E-state index in [1.165, 1.54) is 19.2 Å². The zero-order valence-electron chi connectivity index (χ0n) is 12.7. The molecule has 0 aliphatic heterocycles. The van der Waals surface area contributed by atoms with Crippen LogP contribution in [0.15, 0.2) is 57.9 Å². The van der Waals surface area contributed by atoms with Crippen LogP contribution in [-0.2, 0) is 19.6 Å². The highest BCUT2D eigenvalue weighted by Gasteiger charge is 2.25. The van der Waals surface area contributed by atoms with Gasteiger partial charge in [-0.3, -0.25) is 4.79 Å². The topological polar surface area (TPSA) is 72.5 Å². The molecule has 0 amide bonds. The number of methoxy groups -OCH3 is 1. The number of rotatable bonds is 6. The van der Waals surface area contributed by atoms with E-state index >= 15 is 0 Å². The van der Waals surface area contributed by atoms with E-state index in [2.05, 4.69) is 25.4 Å². The maximum Gasteiger partial charge on any atom is 0.307 e. The van der Waals surface area contributed by atoms with Gasteiger partial charge < -0.3 is 4.74 Å². The Balaban J connectivity index is 2.35. The maximum atomic E-state index is 12.6. The van der Waals surface area contributed by atoms with Crippen LogP contribution in [0.5, 0.6) is 0 Å². The second kappa shape index (κ2) is 8.11. The second-order valence-corrected chi connectivity index (χ2v) is 7.94. The summed E-state index contributed by atoms with van der Waals surface area (Å²) in [4.78, 5) is 11.6. The van der Waals surface area contributed by atoms with Crippen molar-refractivity contribution >= 4 is 43.5 Å². The van der Waals surface area contributed by atoms with Gasteiger partial charge in [-0.2, -0.15) is 0 Å². The van der Waals surface area contributed by atoms with Crippen molar-refractivity contribution in [3.05, 3.63) is 63.6 Å². The molecule has 128 valence electrons. The van der Waals surface area contributed by atoms with Crippen LogP contribution >= 0.6 is 27.5 Å². The summed E-state index contributed by atoms with van der Waals surface area (Å²) >= 11 is 9.29. The minimum Gasteiger partial charge on any atom is -0.469 e. The third-order valence-corrected chi connectivity index (χ3v) is 5.79. The quantitative estimate of drug-likeness (QED) is 0.707.